The van der Waals surface area contributed by atoms with E-state index in [9.17, 15) is 4.79 Å². The highest BCUT2D eigenvalue weighted by Crippen LogP contribution is 2.13. The Morgan fingerprint density at radius 2 is 2.05 bits per heavy atom. The van der Waals surface area contributed by atoms with Gasteiger partial charge in [-0.15, -0.1) is 0 Å². The van der Waals surface area contributed by atoms with Gasteiger partial charge >= 0.3 is 0 Å². The highest BCUT2D eigenvalue weighted by molar-refractivity contribution is 5.95. The highest BCUT2D eigenvalue weighted by atomic mass is 16.3. The molecule has 20 heavy (non-hydrogen) atoms. The van der Waals surface area contributed by atoms with Gasteiger partial charge in [0, 0.05) is 17.3 Å². The van der Waals surface area contributed by atoms with Crippen molar-refractivity contribution in [1.29, 1.82) is 0 Å². The van der Waals surface area contributed by atoms with Crippen LogP contribution in [0.25, 0.3) is 0 Å². The lowest BCUT2D eigenvalue weighted by Crippen LogP contribution is -2.30. The van der Waals surface area contributed by atoms with Crippen LogP contribution in [0.4, 0.5) is 5.69 Å². The number of hydrogen-bond acceptors (Lipinski definition) is 3. The quantitative estimate of drug-likeness (QED) is 0.877. The molecule has 1 amide bonds. The van der Waals surface area contributed by atoms with Crippen LogP contribution in [0.5, 0.6) is 0 Å². The van der Waals surface area contributed by atoms with Gasteiger partial charge in [-0.3, -0.25) is 4.79 Å². The first kappa shape index (κ1) is 14.2. The van der Waals surface area contributed by atoms with Crippen molar-refractivity contribution >= 4 is 11.6 Å². The molecule has 0 fully saturated rings. The maximum Gasteiger partial charge on any atom is 0.251 e. The molecule has 1 aromatic heterocycles. The van der Waals surface area contributed by atoms with E-state index in [0.29, 0.717) is 12.1 Å². The molecular weight excluding hydrogens is 252 g/mol. The highest BCUT2D eigenvalue weighted by Gasteiger charge is 2.07. The standard InChI is InChI=1S/C16H20N2O2/c1-11(2)18-16(19)13-5-4-6-14(9-13)17-10-15-8-7-12(3)20-15/h4-9,11,17H,10H2,1-3H3,(H,18,19). The molecule has 0 atom stereocenters. The zero-order valence-electron chi connectivity index (χ0n) is 12.1. The number of benzene rings is 1. The smallest absolute Gasteiger partial charge is 0.251 e. The summed E-state index contributed by atoms with van der Waals surface area (Å²) < 4.78 is 5.49. The Hall–Kier alpha value is -2.23. The summed E-state index contributed by atoms with van der Waals surface area (Å²) in [4.78, 5) is 11.9. The van der Waals surface area contributed by atoms with Crippen LogP contribution < -0.4 is 10.6 Å². The van der Waals surface area contributed by atoms with Crippen LogP contribution in [0, 0.1) is 6.92 Å². The average Bonchev–Trinajstić information content (AvgIpc) is 2.82. The van der Waals surface area contributed by atoms with Crippen molar-refractivity contribution in [2.24, 2.45) is 0 Å². The predicted molar refractivity (Wildman–Crippen MR) is 79.8 cm³/mol. The molecule has 1 heterocycles. The topological polar surface area (TPSA) is 54.3 Å². The number of rotatable bonds is 5. The summed E-state index contributed by atoms with van der Waals surface area (Å²) >= 11 is 0. The van der Waals surface area contributed by atoms with Crippen molar-refractivity contribution in [3.8, 4) is 0 Å². The molecule has 0 aliphatic rings. The van der Waals surface area contributed by atoms with E-state index < -0.39 is 0 Å². The third kappa shape index (κ3) is 3.88. The first-order valence-corrected chi connectivity index (χ1v) is 6.74. The second kappa shape index (κ2) is 6.28. The fraction of sp³-hybridized carbons (Fsp3) is 0.312. The van der Waals surface area contributed by atoms with Crippen molar-refractivity contribution in [3.63, 3.8) is 0 Å². The Morgan fingerprint density at radius 1 is 1.25 bits per heavy atom. The number of anilines is 1. The molecule has 0 saturated heterocycles. The minimum atomic E-state index is -0.0579. The fourth-order valence-electron chi connectivity index (χ4n) is 1.89. The van der Waals surface area contributed by atoms with Crippen LogP contribution in [0.1, 0.15) is 35.7 Å². The third-order valence-electron chi connectivity index (χ3n) is 2.81. The van der Waals surface area contributed by atoms with Crippen molar-refractivity contribution in [2.45, 2.75) is 33.4 Å². The number of carbonyl (C=O) groups excluding carboxylic acids is 1. The van der Waals surface area contributed by atoms with E-state index in [1.165, 1.54) is 0 Å². The Bertz CT molecular complexity index is 588. The molecule has 2 rings (SSSR count). The summed E-state index contributed by atoms with van der Waals surface area (Å²) in [7, 11) is 0. The molecule has 106 valence electrons. The molecule has 4 heteroatoms. The summed E-state index contributed by atoms with van der Waals surface area (Å²) in [6.07, 6.45) is 0. The molecule has 2 N–H and O–H groups in total. The van der Waals surface area contributed by atoms with Gasteiger partial charge in [-0.25, -0.2) is 0 Å². The van der Waals surface area contributed by atoms with Crippen molar-refractivity contribution in [1.82, 2.24) is 5.32 Å². The average molecular weight is 272 g/mol. The van der Waals surface area contributed by atoms with Gasteiger partial charge < -0.3 is 15.1 Å². The van der Waals surface area contributed by atoms with E-state index in [1.807, 2.05) is 51.1 Å². The summed E-state index contributed by atoms with van der Waals surface area (Å²) in [6.45, 7) is 6.40. The summed E-state index contributed by atoms with van der Waals surface area (Å²) in [5.74, 6) is 1.71. The fourth-order valence-corrected chi connectivity index (χ4v) is 1.89. The Labute approximate surface area is 119 Å². The van der Waals surface area contributed by atoms with E-state index in [1.54, 1.807) is 6.07 Å². The van der Waals surface area contributed by atoms with Crippen LogP contribution >= 0.6 is 0 Å². The Balaban J connectivity index is 2.00. The molecule has 0 spiro atoms. The van der Waals surface area contributed by atoms with Crippen LogP contribution in [0.15, 0.2) is 40.8 Å². The minimum Gasteiger partial charge on any atom is -0.465 e. The largest absolute Gasteiger partial charge is 0.465 e. The van der Waals surface area contributed by atoms with Crippen molar-refractivity contribution < 1.29 is 9.21 Å². The second-order valence-electron chi connectivity index (χ2n) is 5.07. The number of nitrogens with one attached hydrogen (secondary N) is 2. The molecule has 0 radical (unpaired) electrons. The third-order valence-corrected chi connectivity index (χ3v) is 2.81. The van der Waals surface area contributed by atoms with Crippen LogP contribution in [0.3, 0.4) is 0 Å². The lowest BCUT2D eigenvalue weighted by Gasteiger charge is -2.10. The van der Waals surface area contributed by atoms with Crippen LogP contribution in [0.2, 0.25) is 0 Å². The second-order valence-corrected chi connectivity index (χ2v) is 5.07. The first-order chi connectivity index (χ1) is 9.54. The molecule has 0 aliphatic carbocycles. The van der Waals surface area contributed by atoms with Gasteiger partial charge in [-0.05, 0) is 51.1 Å². The maximum absolute atomic E-state index is 11.9. The Kier molecular flexibility index (Phi) is 4.45. The van der Waals surface area contributed by atoms with E-state index in [4.69, 9.17) is 4.42 Å². The minimum absolute atomic E-state index is 0.0579. The zero-order chi connectivity index (χ0) is 14.5. The van der Waals surface area contributed by atoms with Crippen molar-refractivity contribution in [2.75, 3.05) is 5.32 Å². The van der Waals surface area contributed by atoms with Crippen LogP contribution in [-0.2, 0) is 6.54 Å². The lowest BCUT2D eigenvalue weighted by molar-refractivity contribution is 0.0943. The van der Waals surface area contributed by atoms with Gasteiger partial charge in [0.1, 0.15) is 11.5 Å². The van der Waals surface area contributed by atoms with Gasteiger partial charge in [0.2, 0.25) is 0 Å². The SMILES string of the molecule is Cc1ccc(CNc2cccc(C(=O)NC(C)C)c2)o1. The van der Waals surface area contributed by atoms with Gasteiger partial charge in [0.25, 0.3) is 5.91 Å². The van der Waals surface area contributed by atoms with E-state index in [2.05, 4.69) is 10.6 Å². The number of furan rings is 1. The molecule has 0 saturated carbocycles. The molecule has 2 aromatic rings. The molecule has 0 bridgehead atoms. The maximum atomic E-state index is 11.9. The van der Waals surface area contributed by atoms with Crippen molar-refractivity contribution in [3.05, 3.63) is 53.5 Å². The molecule has 0 unspecified atom stereocenters. The number of amides is 1. The Morgan fingerprint density at radius 3 is 2.70 bits per heavy atom. The summed E-state index contributed by atoms with van der Waals surface area (Å²) in [5, 5.41) is 6.13. The van der Waals surface area contributed by atoms with E-state index >= 15 is 0 Å². The van der Waals surface area contributed by atoms with Gasteiger partial charge in [-0.1, -0.05) is 6.07 Å². The number of carbonyl (C=O) groups is 1. The molecule has 0 aliphatic heterocycles. The van der Waals surface area contributed by atoms with Gasteiger partial charge in [-0.2, -0.15) is 0 Å². The molecule has 1 aromatic carbocycles. The van der Waals surface area contributed by atoms with Gasteiger partial charge in [0.05, 0.1) is 6.54 Å². The zero-order valence-corrected chi connectivity index (χ0v) is 12.1. The lowest BCUT2D eigenvalue weighted by atomic mass is 10.1. The normalized spacial score (nSPS) is 10.6. The first-order valence-electron chi connectivity index (χ1n) is 6.74. The predicted octanol–water partition coefficient (Wildman–Crippen LogP) is 3.34. The number of aryl methyl sites for hydroxylation is 1. The van der Waals surface area contributed by atoms with E-state index in [0.717, 1.165) is 17.2 Å². The number of hydrogen-bond donors (Lipinski definition) is 2. The van der Waals surface area contributed by atoms with E-state index in [-0.39, 0.29) is 11.9 Å². The monoisotopic (exact) mass is 272 g/mol. The molecule has 4 nitrogen and oxygen atoms in total. The van der Waals surface area contributed by atoms with Gasteiger partial charge in [0.15, 0.2) is 0 Å². The summed E-state index contributed by atoms with van der Waals surface area (Å²) in [6, 6.07) is 11.5. The summed E-state index contributed by atoms with van der Waals surface area (Å²) in [5.41, 5.74) is 1.55. The van der Waals surface area contributed by atoms with Crippen LogP contribution in [-0.4, -0.2) is 11.9 Å². The molecular formula is C16H20N2O2.